The molecule has 0 spiro atoms. The van der Waals surface area contributed by atoms with Crippen molar-refractivity contribution in [2.24, 2.45) is 5.92 Å². The van der Waals surface area contributed by atoms with Crippen LogP contribution in [0.3, 0.4) is 0 Å². The van der Waals surface area contributed by atoms with E-state index >= 15 is 0 Å². The van der Waals surface area contributed by atoms with Crippen LogP contribution in [0.15, 0.2) is 43.1 Å². The summed E-state index contributed by atoms with van der Waals surface area (Å²) in [6.07, 6.45) is 7.08. The van der Waals surface area contributed by atoms with Gasteiger partial charge in [0.25, 0.3) is 0 Å². The van der Waals surface area contributed by atoms with Crippen molar-refractivity contribution in [2.45, 2.75) is 19.8 Å². The number of aryl methyl sites for hydroxylation is 1. The molecule has 0 saturated carbocycles. The minimum absolute atomic E-state index is 0.387. The standard InChI is InChI=1S/C19H20N4O2/c1-13-6-16(19(20-9-13)23-11-21-22-12-23)8-14-7-15-4-3-5-17(24-2)18(15)25-10-14/h3-6,9,11-12,14H,7-8,10H2,1-2H3/t14-/m1/s1. The van der Waals surface area contributed by atoms with Crippen molar-refractivity contribution in [3.05, 3.63) is 59.8 Å². The molecule has 0 amide bonds. The van der Waals surface area contributed by atoms with Crippen LogP contribution in [0.4, 0.5) is 0 Å². The van der Waals surface area contributed by atoms with Gasteiger partial charge < -0.3 is 9.47 Å². The minimum Gasteiger partial charge on any atom is -0.493 e. The molecular weight excluding hydrogens is 316 g/mol. The summed E-state index contributed by atoms with van der Waals surface area (Å²) in [7, 11) is 1.68. The van der Waals surface area contributed by atoms with E-state index < -0.39 is 0 Å². The fraction of sp³-hybridized carbons (Fsp3) is 0.316. The Morgan fingerprint density at radius 2 is 2.12 bits per heavy atom. The summed E-state index contributed by atoms with van der Waals surface area (Å²) in [5.41, 5.74) is 3.52. The van der Waals surface area contributed by atoms with Gasteiger partial charge in [0, 0.05) is 12.1 Å². The van der Waals surface area contributed by atoms with Crippen LogP contribution in [0.1, 0.15) is 16.7 Å². The third kappa shape index (κ3) is 3.07. The molecule has 6 nitrogen and oxygen atoms in total. The highest BCUT2D eigenvalue weighted by atomic mass is 16.5. The number of hydrogen-bond donors (Lipinski definition) is 0. The Hall–Kier alpha value is -2.89. The summed E-state index contributed by atoms with van der Waals surface area (Å²) in [4.78, 5) is 4.58. The Morgan fingerprint density at radius 3 is 2.92 bits per heavy atom. The predicted octanol–water partition coefficient (Wildman–Crippen LogP) is 2.77. The van der Waals surface area contributed by atoms with Crippen molar-refractivity contribution < 1.29 is 9.47 Å². The smallest absolute Gasteiger partial charge is 0.164 e. The van der Waals surface area contributed by atoms with E-state index in [4.69, 9.17) is 9.47 Å². The lowest BCUT2D eigenvalue weighted by Crippen LogP contribution is -2.24. The molecule has 6 heteroatoms. The van der Waals surface area contributed by atoms with E-state index in [1.807, 2.05) is 22.9 Å². The molecule has 0 aliphatic carbocycles. The zero-order chi connectivity index (χ0) is 17.2. The molecule has 3 heterocycles. The number of methoxy groups -OCH3 is 1. The van der Waals surface area contributed by atoms with Crippen molar-refractivity contribution in [3.8, 4) is 17.3 Å². The molecule has 4 rings (SSSR count). The lowest BCUT2D eigenvalue weighted by atomic mass is 9.90. The average molecular weight is 336 g/mol. The Morgan fingerprint density at radius 1 is 1.28 bits per heavy atom. The maximum atomic E-state index is 6.01. The van der Waals surface area contributed by atoms with Gasteiger partial charge in [-0.2, -0.15) is 0 Å². The van der Waals surface area contributed by atoms with Crippen LogP contribution >= 0.6 is 0 Å². The van der Waals surface area contributed by atoms with Gasteiger partial charge in [0.15, 0.2) is 11.5 Å². The van der Waals surface area contributed by atoms with Gasteiger partial charge in [-0.1, -0.05) is 18.2 Å². The minimum atomic E-state index is 0.387. The molecule has 3 aromatic rings. The predicted molar refractivity (Wildman–Crippen MR) is 93.3 cm³/mol. The second-order valence-electron chi connectivity index (χ2n) is 6.40. The number of benzene rings is 1. The number of hydrogen-bond acceptors (Lipinski definition) is 5. The van der Waals surface area contributed by atoms with Crippen molar-refractivity contribution in [1.29, 1.82) is 0 Å². The molecule has 1 aromatic carbocycles. The first-order valence-electron chi connectivity index (χ1n) is 8.34. The van der Waals surface area contributed by atoms with Crippen molar-refractivity contribution in [1.82, 2.24) is 19.7 Å². The molecule has 2 aromatic heterocycles. The van der Waals surface area contributed by atoms with Crippen LogP contribution < -0.4 is 9.47 Å². The van der Waals surface area contributed by atoms with E-state index in [0.29, 0.717) is 12.5 Å². The largest absolute Gasteiger partial charge is 0.493 e. The number of nitrogens with zero attached hydrogens (tertiary/aromatic N) is 4. The van der Waals surface area contributed by atoms with Crippen LogP contribution in [-0.2, 0) is 12.8 Å². The van der Waals surface area contributed by atoms with E-state index in [1.165, 1.54) is 11.1 Å². The molecule has 1 aliphatic heterocycles. The number of ether oxygens (including phenoxy) is 2. The summed E-state index contributed by atoms with van der Waals surface area (Å²) in [6, 6.07) is 8.25. The van der Waals surface area contributed by atoms with Gasteiger partial charge in [-0.3, -0.25) is 4.57 Å². The first-order chi connectivity index (χ1) is 12.2. The van der Waals surface area contributed by atoms with E-state index in [0.717, 1.165) is 35.7 Å². The van der Waals surface area contributed by atoms with E-state index in [1.54, 1.807) is 19.8 Å². The normalized spacial score (nSPS) is 16.2. The van der Waals surface area contributed by atoms with E-state index in [-0.39, 0.29) is 0 Å². The van der Waals surface area contributed by atoms with Gasteiger partial charge in [0.1, 0.15) is 18.5 Å². The number of pyridine rings is 1. The quantitative estimate of drug-likeness (QED) is 0.733. The molecular formula is C19H20N4O2. The number of fused-ring (bicyclic) bond motifs is 1. The van der Waals surface area contributed by atoms with Crippen molar-refractivity contribution in [3.63, 3.8) is 0 Å². The highest BCUT2D eigenvalue weighted by Crippen LogP contribution is 2.37. The van der Waals surface area contributed by atoms with Gasteiger partial charge >= 0.3 is 0 Å². The zero-order valence-corrected chi connectivity index (χ0v) is 14.3. The molecule has 1 atom stereocenters. The molecule has 128 valence electrons. The van der Waals surface area contributed by atoms with Gasteiger partial charge in [0.2, 0.25) is 0 Å². The zero-order valence-electron chi connectivity index (χ0n) is 14.3. The van der Waals surface area contributed by atoms with Gasteiger partial charge in [-0.25, -0.2) is 4.98 Å². The van der Waals surface area contributed by atoms with Crippen molar-refractivity contribution >= 4 is 0 Å². The monoisotopic (exact) mass is 336 g/mol. The molecule has 25 heavy (non-hydrogen) atoms. The maximum Gasteiger partial charge on any atom is 0.164 e. The fourth-order valence-corrected chi connectivity index (χ4v) is 3.38. The molecule has 0 unspecified atom stereocenters. The van der Waals surface area contributed by atoms with Gasteiger partial charge in [-0.05, 0) is 42.5 Å². The third-order valence-electron chi connectivity index (χ3n) is 4.50. The van der Waals surface area contributed by atoms with E-state index in [2.05, 4.69) is 34.2 Å². The molecule has 0 bridgehead atoms. The molecule has 0 saturated heterocycles. The Labute approximate surface area is 146 Å². The highest BCUT2D eigenvalue weighted by molar-refractivity contribution is 5.48. The van der Waals surface area contributed by atoms with Crippen LogP contribution in [0.5, 0.6) is 11.5 Å². The summed E-state index contributed by atoms with van der Waals surface area (Å²) < 4.78 is 13.3. The van der Waals surface area contributed by atoms with Crippen molar-refractivity contribution in [2.75, 3.05) is 13.7 Å². The molecule has 0 N–H and O–H groups in total. The first kappa shape index (κ1) is 15.6. The van der Waals surface area contributed by atoms with Gasteiger partial charge in [0.05, 0.1) is 13.7 Å². The Bertz CT molecular complexity index is 877. The topological polar surface area (TPSA) is 62.1 Å². The van der Waals surface area contributed by atoms with Gasteiger partial charge in [-0.15, -0.1) is 10.2 Å². The second kappa shape index (κ2) is 6.55. The number of para-hydroxylation sites is 1. The van der Waals surface area contributed by atoms with Crippen LogP contribution in [-0.4, -0.2) is 33.5 Å². The highest BCUT2D eigenvalue weighted by Gasteiger charge is 2.24. The maximum absolute atomic E-state index is 6.01. The lowest BCUT2D eigenvalue weighted by molar-refractivity contribution is 0.211. The summed E-state index contributed by atoms with van der Waals surface area (Å²) >= 11 is 0. The first-order valence-corrected chi connectivity index (χ1v) is 8.34. The lowest BCUT2D eigenvalue weighted by Gasteiger charge is -2.27. The molecule has 0 fully saturated rings. The molecule has 0 radical (unpaired) electrons. The Kier molecular flexibility index (Phi) is 4.09. The van der Waals surface area contributed by atoms with Crippen LogP contribution in [0, 0.1) is 12.8 Å². The summed E-state index contributed by atoms with van der Waals surface area (Å²) in [5.74, 6) is 2.95. The summed E-state index contributed by atoms with van der Waals surface area (Å²) in [5, 5.41) is 7.78. The average Bonchev–Trinajstić information content (AvgIpc) is 3.15. The van der Waals surface area contributed by atoms with Crippen LogP contribution in [0.2, 0.25) is 0 Å². The Balaban J connectivity index is 1.60. The second-order valence-corrected chi connectivity index (χ2v) is 6.40. The SMILES string of the molecule is COc1cccc2c1OC[C@@H](Cc1cc(C)cnc1-n1cnnc1)C2. The third-order valence-corrected chi connectivity index (χ3v) is 4.50. The number of rotatable bonds is 4. The summed E-state index contributed by atoms with van der Waals surface area (Å²) in [6.45, 7) is 2.73. The van der Waals surface area contributed by atoms with E-state index in [9.17, 15) is 0 Å². The molecule has 1 aliphatic rings. The van der Waals surface area contributed by atoms with Crippen LogP contribution in [0.25, 0.3) is 5.82 Å². The number of aromatic nitrogens is 4. The fourth-order valence-electron chi connectivity index (χ4n) is 3.38.